The van der Waals surface area contributed by atoms with E-state index >= 15 is 0 Å². The van der Waals surface area contributed by atoms with E-state index in [1.807, 2.05) is 25.1 Å². The molecule has 0 bridgehead atoms. The maximum atomic E-state index is 12.6. The zero-order valence-corrected chi connectivity index (χ0v) is 22.2. The fourth-order valence-corrected chi connectivity index (χ4v) is 5.70. The number of aromatic nitrogens is 4. The molecule has 0 spiro atoms. The first-order chi connectivity index (χ1) is 17.6. The summed E-state index contributed by atoms with van der Waals surface area (Å²) in [7, 11) is 1.40. The number of H-pyrrole nitrogens is 1. The van der Waals surface area contributed by atoms with E-state index in [1.54, 1.807) is 4.90 Å². The predicted octanol–water partition coefficient (Wildman–Crippen LogP) is 5.52. The number of aliphatic carboxylic acids is 1. The number of imidazole rings is 1. The van der Waals surface area contributed by atoms with Crippen LogP contribution in [0.5, 0.6) is 0 Å². The summed E-state index contributed by atoms with van der Waals surface area (Å²) in [5, 5.41) is 20.5. The first-order valence-corrected chi connectivity index (χ1v) is 13.0. The molecule has 0 unspecified atom stereocenters. The summed E-state index contributed by atoms with van der Waals surface area (Å²) in [6.07, 6.45) is 4.03. The highest BCUT2D eigenvalue weighted by Gasteiger charge is 2.34. The Hall–Kier alpha value is -3.56. The van der Waals surface area contributed by atoms with E-state index in [9.17, 15) is 14.7 Å². The lowest BCUT2D eigenvalue weighted by atomic mass is 9.86. The number of aryl methyl sites for hydroxylation is 1. The van der Waals surface area contributed by atoms with Crippen LogP contribution in [0.2, 0.25) is 0 Å². The molecular weight excluding hydrogens is 472 g/mol. The second-order valence-electron chi connectivity index (χ2n) is 11.3. The van der Waals surface area contributed by atoms with Crippen molar-refractivity contribution in [2.75, 3.05) is 17.3 Å². The van der Waals surface area contributed by atoms with Gasteiger partial charge in [0.15, 0.2) is 5.82 Å². The van der Waals surface area contributed by atoms with Crippen LogP contribution in [-0.2, 0) is 21.4 Å². The second kappa shape index (κ2) is 9.39. The van der Waals surface area contributed by atoms with Crippen LogP contribution in [0, 0.1) is 5.92 Å². The minimum Gasteiger partial charge on any atom is -0.481 e. The number of fused-ring (bicyclic) bond motifs is 3. The summed E-state index contributed by atoms with van der Waals surface area (Å²) in [5.41, 5.74) is 4.63. The average molecular weight is 509 g/mol. The third-order valence-electron chi connectivity index (χ3n) is 7.86. The van der Waals surface area contributed by atoms with E-state index in [4.69, 9.17) is 9.72 Å². The highest BCUT2D eigenvalue weighted by atomic mass is 16.5. The molecule has 1 amide bonds. The number of benzene rings is 1. The number of carbonyl (C=O) groups excluding carboxylic acids is 1. The Morgan fingerprint density at radius 2 is 1.89 bits per heavy atom. The van der Waals surface area contributed by atoms with Crippen molar-refractivity contribution in [1.29, 1.82) is 0 Å². The first-order valence-electron chi connectivity index (χ1n) is 13.0. The molecule has 1 aromatic carbocycles. The number of carboxylic acid groups (broad SMARTS) is 1. The van der Waals surface area contributed by atoms with Gasteiger partial charge in [0.2, 0.25) is 5.95 Å². The van der Waals surface area contributed by atoms with Crippen LogP contribution in [-0.4, -0.2) is 50.1 Å². The van der Waals surface area contributed by atoms with Gasteiger partial charge in [-0.2, -0.15) is 5.10 Å². The van der Waals surface area contributed by atoms with Gasteiger partial charge >= 0.3 is 12.1 Å². The monoisotopic (exact) mass is 508 g/mol. The molecule has 10 heteroatoms. The maximum absolute atomic E-state index is 12.6. The van der Waals surface area contributed by atoms with Gasteiger partial charge in [-0.3, -0.25) is 14.8 Å². The van der Waals surface area contributed by atoms with Gasteiger partial charge in [-0.25, -0.2) is 9.78 Å². The van der Waals surface area contributed by atoms with Crippen LogP contribution in [0.15, 0.2) is 18.2 Å². The lowest BCUT2D eigenvalue weighted by molar-refractivity contribution is -0.143. The summed E-state index contributed by atoms with van der Waals surface area (Å²) < 4.78 is 7.29. The largest absolute Gasteiger partial charge is 0.481 e. The number of amides is 1. The quantitative estimate of drug-likeness (QED) is 0.423. The van der Waals surface area contributed by atoms with Crippen LogP contribution >= 0.6 is 0 Å². The Kier molecular flexibility index (Phi) is 6.37. The smallest absolute Gasteiger partial charge is 0.414 e. The molecule has 10 nitrogen and oxygen atoms in total. The lowest BCUT2D eigenvalue weighted by Gasteiger charge is -2.34. The van der Waals surface area contributed by atoms with Crippen molar-refractivity contribution in [1.82, 2.24) is 19.7 Å². The summed E-state index contributed by atoms with van der Waals surface area (Å²) in [5.74, 6) is 0.340. The predicted molar refractivity (Wildman–Crippen MR) is 142 cm³/mol. The van der Waals surface area contributed by atoms with Gasteiger partial charge in [0.1, 0.15) is 0 Å². The van der Waals surface area contributed by atoms with Gasteiger partial charge in [0.25, 0.3) is 0 Å². The number of aromatic amines is 1. The van der Waals surface area contributed by atoms with E-state index in [-0.39, 0.29) is 29.5 Å². The number of nitrogens with one attached hydrogen (secondary N) is 2. The number of nitrogens with zero attached hydrogens (tertiary/aromatic N) is 4. The fourth-order valence-electron chi connectivity index (χ4n) is 5.70. The van der Waals surface area contributed by atoms with Crippen LogP contribution in [0.3, 0.4) is 0 Å². The maximum Gasteiger partial charge on any atom is 0.414 e. The average Bonchev–Trinajstić information content (AvgIpc) is 3.48. The van der Waals surface area contributed by atoms with Gasteiger partial charge in [-0.1, -0.05) is 20.8 Å². The molecule has 3 N–H and O–H groups in total. The van der Waals surface area contributed by atoms with Crippen LogP contribution in [0.4, 0.5) is 22.2 Å². The van der Waals surface area contributed by atoms with E-state index < -0.39 is 5.97 Å². The zero-order valence-electron chi connectivity index (χ0n) is 22.2. The van der Waals surface area contributed by atoms with Gasteiger partial charge in [-0.05, 0) is 57.6 Å². The van der Waals surface area contributed by atoms with Crippen molar-refractivity contribution in [2.24, 2.45) is 5.92 Å². The van der Waals surface area contributed by atoms with Crippen molar-refractivity contribution in [3.8, 4) is 0 Å². The molecule has 1 aliphatic heterocycles. The number of anilines is 3. The Labute approximate surface area is 216 Å². The number of methoxy groups -OCH3 is 1. The van der Waals surface area contributed by atoms with Crippen molar-refractivity contribution in [3.05, 3.63) is 29.5 Å². The normalized spacial score (nSPS) is 22.1. The second-order valence-corrected chi connectivity index (χ2v) is 11.3. The van der Waals surface area contributed by atoms with Crippen LogP contribution < -0.4 is 10.2 Å². The van der Waals surface area contributed by atoms with Crippen LogP contribution in [0.1, 0.15) is 77.1 Å². The first kappa shape index (κ1) is 25.1. The minimum absolute atomic E-state index is 0.0308. The minimum atomic E-state index is -0.718. The third-order valence-corrected chi connectivity index (χ3v) is 7.86. The Morgan fingerprint density at radius 1 is 1.16 bits per heavy atom. The van der Waals surface area contributed by atoms with E-state index in [2.05, 4.69) is 40.9 Å². The molecule has 37 heavy (non-hydrogen) atoms. The van der Waals surface area contributed by atoms with E-state index in [1.165, 1.54) is 7.11 Å². The summed E-state index contributed by atoms with van der Waals surface area (Å²) in [6, 6.07) is 6.15. The standard InChI is InChI=1S/C27H36N6O4/c1-15-6-11-18-19(32(15)26(36)37-5)12-13-20-23(18)29-25(28-22-14-21(30-31-22)27(2,3)4)33(20)17-9-7-16(8-10-17)24(34)35/h12-17H,6-11H2,1-5H3,(H,34,35)(H2,28,29,30,31)/t15-,16?,17?/m0/s1. The summed E-state index contributed by atoms with van der Waals surface area (Å²) in [4.78, 5) is 31.0. The Balaban J connectivity index is 1.60. The van der Waals surface area contributed by atoms with E-state index in [0.717, 1.165) is 53.7 Å². The highest BCUT2D eigenvalue weighted by Crippen LogP contribution is 2.42. The number of carboxylic acids is 1. The molecule has 2 aromatic heterocycles. The number of carbonyl (C=O) groups is 2. The molecule has 198 valence electrons. The molecule has 1 saturated carbocycles. The van der Waals surface area contributed by atoms with Crippen molar-refractivity contribution < 1.29 is 19.4 Å². The molecule has 0 radical (unpaired) electrons. The van der Waals surface area contributed by atoms with Crippen molar-refractivity contribution in [3.63, 3.8) is 0 Å². The fraction of sp³-hybridized carbons (Fsp3) is 0.556. The molecule has 2 aliphatic rings. The highest BCUT2D eigenvalue weighted by molar-refractivity contribution is 5.96. The molecule has 0 saturated heterocycles. The lowest BCUT2D eigenvalue weighted by Crippen LogP contribution is -2.42. The topological polar surface area (TPSA) is 125 Å². The summed E-state index contributed by atoms with van der Waals surface area (Å²) in [6.45, 7) is 8.41. The number of hydrogen-bond donors (Lipinski definition) is 3. The SMILES string of the molecule is COC(=O)N1c2ccc3c(nc(Nc4cc(C(C)(C)C)[nH]n4)n3C3CCC(C(=O)O)CC3)c2CC[C@@H]1C. The van der Waals surface area contributed by atoms with Gasteiger partial charge in [0, 0.05) is 34.8 Å². The van der Waals surface area contributed by atoms with Crippen molar-refractivity contribution in [2.45, 2.75) is 83.7 Å². The van der Waals surface area contributed by atoms with Gasteiger partial charge < -0.3 is 19.7 Å². The zero-order chi connectivity index (χ0) is 26.5. The number of rotatable bonds is 4. The number of hydrogen-bond acceptors (Lipinski definition) is 6. The molecule has 3 aromatic rings. The third kappa shape index (κ3) is 4.53. The molecule has 1 fully saturated rings. The van der Waals surface area contributed by atoms with Crippen molar-refractivity contribution >= 4 is 40.5 Å². The Morgan fingerprint density at radius 3 is 2.51 bits per heavy atom. The Bertz CT molecular complexity index is 1330. The van der Waals surface area contributed by atoms with E-state index in [0.29, 0.717) is 24.6 Å². The van der Waals surface area contributed by atoms with Gasteiger partial charge in [-0.15, -0.1) is 0 Å². The molecule has 3 heterocycles. The molecule has 1 aliphatic carbocycles. The van der Waals surface area contributed by atoms with Crippen LogP contribution in [0.25, 0.3) is 11.0 Å². The number of ether oxygens (including phenoxy) is 1. The molecule has 5 rings (SSSR count). The van der Waals surface area contributed by atoms with Gasteiger partial charge in [0.05, 0.1) is 29.7 Å². The molecule has 1 atom stereocenters. The summed E-state index contributed by atoms with van der Waals surface area (Å²) >= 11 is 0. The molecular formula is C27H36N6O4.